The smallest absolute Gasteiger partial charge is 0.320 e. The van der Waals surface area contributed by atoms with Crippen LogP contribution in [0.25, 0.3) is 11.3 Å². The lowest BCUT2D eigenvalue weighted by Gasteiger charge is -2.29. The number of aliphatic hydroxyl groups excluding tert-OH is 1. The zero-order valence-electron chi connectivity index (χ0n) is 13.4. The average molecular weight is 352 g/mol. The zero-order chi connectivity index (χ0) is 16.2. The molecule has 3 rings (SSSR count). The number of benzene rings is 1. The lowest BCUT2D eigenvalue weighted by molar-refractivity contribution is 0.103. The molecule has 0 bridgehead atoms. The van der Waals surface area contributed by atoms with Crippen molar-refractivity contribution in [1.82, 2.24) is 20.4 Å². The number of carbonyl (C=O) groups is 1. The number of nitrogens with one attached hydrogen (secondary N) is 3. The van der Waals surface area contributed by atoms with Gasteiger partial charge in [-0.15, -0.1) is 12.4 Å². The van der Waals surface area contributed by atoms with E-state index in [1.165, 1.54) is 0 Å². The highest BCUT2D eigenvalue weighted by Crippen LogP contribution is 2.20. The van der Waals surface area contributed by atoms with Crippen molar-refractivity contribution in [1.29, 1.82) is 0 Å². The van der Waals surface area contributed by atoms with Gasteiger partial charge in [0.25, 0.3) is 0 Å². The molecular formula is C16H22ClN5O2. The van der Waals surface area contributed by atoms with E-state index < -0.39 is 6.10 Å². The highest BCUT2D eigenvalue weighted by Gasteiger charge is 2.24. The average Bonchev–Trinajstić information content (AvgIpc) is 2.91. The molecule has 4 N–H and O–H groups in total. The van der Waals surface area contributed by atoms with Gasteiger partial charge in [-0.3, -0.25) is 10.00 Å². The van der Waals surface area contributed by atoms with Crippen LogP contribution in [0.1, 0.15) is 6.42 Å². The Labute approximate surface area is 146 Å². The third kappa shape index (κ3) is 4.25. The molecule has 1 aromatic heterocycles. The van der Waals surface area contributed by atoms with Crippen LogP contribution in [0, 0.1) is 0 Å². The number of urea groups is 1. The highest BCUT2D eigenvalue weighted by molar-refractivity contribution is 5.89. The first kappa shape index (κ1) is 18.3. The molecular weight excluding hydrogens is 330 g/mol. The normalized spacial score (nSPS) is 20.1. The molecule has 1 fully saturated rings. The Morgan fingerprint density at radius 3 is 2.83 bits per heavy atom. The number of aryl methyl sites for hydroxylation is 1. The quantitative estimate of drug-likeness (QED) is 0.672. The predicted molar refractivity (Wildman–Crippen MR) is 95.3 cm³/mol. The minimum atomic E-state index is -0.520. The molecule has 0 radical (unpaired) electrons. The Bertz CT molecular complexity index is 676. The largest absolute Gasteiger partial charge is 0.391 e. The Morgan fingerprint density at radius 1 is 1.38 bits per heavy atom. The first-order chi connectivity index (χ1) is 11.1. The van der Waals surface area contributed by atoms with Crippen molar-refractivity contribution >= 4 is 24.3 Å². The van der Waals surface area contributed by atoms with E-state index in [2.05, 4.69) is 21.0 Å². The maximum atomic E-state index is 12.1. The molecule has 2 amide bonds. The molecule has 1 aliphatic heterocycles. The van der Waals surface area contributed by atoms with Crippen LogP contribution in [-0.4, -0.2) is 46.2 Å². The van der Waals surface area contributed by atoms with E-state index in [-0.39, 0.29) is 24.5 Å². The second-order valence-electron chi connectivity index (χ2n) is 5.67. The molecule has 130 valence electrons. The number of rotatable bonds is 3. The summed E-state index contributed by atoms with van der Waals surface area (Å²) in [5, 5.41) is 23.0. The third-order valence-corrected chi connectivity index (χ3v) is 3.95. The molecule has 2 aromatic rings. The van der Waals surface area contributed by atoms with Crippen LogP contribution >= 0.6 is 12.4 Å². The molecule has 0 unspecified atom stereocenters. The maximum absolute atomic E-state index is 12.1. The third-order valence-electron chi connectivity index (χ3n) is 3.95. The Hall–Kier alpha value is -2.09. The van der Waals surface area contributed by atoms with Crippen LogP contribution in [-0.2, 0) is 7.05 Å². The second kappa shape index (κ2) is 8.14. The number of hydrogen-bond donors (Lipinski definition) is 4. The topological polar surface area (TPSA) is 91.2 Å². The molecule has 0 aliphatic carbocycles. The monoisotopic (exact) mass is 351 g/mol. The van der Waals surface area contributed by atoms with Gasteiger partial charge in [-0.2, -0.15) is 5.10 Å². The Morgan fingerprint density at radius 2 is 2.12 bits per heavy atom. The summed E-state index contributed by atoms with van der Waals surface area (Å²) in [6.45, 7) is 1.33. The fraction of sp³-hybridized carbons (Fsp3) is 0.375. The van der Waals surface area contributed by atoms with E-state index in [4.69, 9.17) is 0 Å². The van der Waals surface area contributed by atoms with Crippen LogP contribution in [0.3, 0.4) is 0 Å². The van der Waals surface area contributed by atoms with Gasteiger partial charge in [0.15, 0.2) is 0 Å². The fourth-order valence-corrected chi connectivity index (χ4v) is 2.65. The van der Waals surface area contributed by atoms with Gasteiger partial charge in [0.1, 0.15) is 5.82 Å². The molecule has 0 saturated carbocycles. The van der Waals surface area contributed by atoms with Gasteiger partial charge in [-0.05, 0) is 13.0 Å². The standard InChI is InChI=1S/C16H21N5O2.ClH/c1-21-15(9-12(20-21)11-5-3-2-4-6-11)19-16(23)18-13-10-17-8-7-14(13)22;/h2-6,9,13-14,17,22H,7-8,10H2,1H3,(H2,18,19,23);1H/t13-,14-;/m1./s1. The second-order valence-corrected chi connectivity index (χ2v) is 5.67. The van der Waals surface area contributed by atoms with Crippen LogP contribution < -0.4 is 16.0 Å². The van der Waals surface area contributed by atoms with Crippen molar-refractivity contribution < 1.29 is 9.90 Å². The molecule has 2 atom stereocenters. The molecule has 1 saturated heterocycles. The number of anilines is 1. The molecule has 1 aliphatic rings. The summed E-state index contributed by atoms with van der Waals surface area (Å²) < 4.78 is 1.62. The van der Waals surface area contributed by atoms with Crippen molar-refractivity contribution in [2.75, 3.05) is 18.4 Å². The highest BCUT2D eigenvalue weighted by atomic mass is 35.5. The van der Waals surface area contributed by atoms with Gasteiger partial charge in [-0.25, -0.2) is 4.79 Å². The summed E-state index contributed by atoms with van der Waals surface area (Å²) in [6, 6.07) is 11.0. The zero-order valence-corrected chi connectivity index (χ0v) is 14.2. The minimum Gasteiger partial charge on any atom is -0.391 e. The summed E-state index contributed by atoms with van der Waals surface area (Å²) in [5.74, 6) is 0.597. The first-order valence-electron chi connectivity index (χ1n) is 7.69. The van der Waals surface area contributed by atoms with Crippen molar-refractivity contribution in [3.8, 4) is 11.3 Å². The lowest BCUT2D eigenvalue weighted by Crippen LogP contribution is -2.54. The Balaban J connectivity index is 0.00000208. The van der Waals surface area contributed by atoms with Crippen LogP contribution in [0.15, 0.2) is 36.4 Å². The lowest BCUT2D eigenvalue weighted by atomic mass is 10.0. The number of hydrogen-bond acceptors (Lipinski definition) is 4. The summed E-state index contributed by atoms with van der Waals surface area (Å²) in [7, 11) is 1.78. The SMILES string of the molecule is Cl.Cn1nc(-c2ccccc2)cc1NC(=O)N[C@@H]1CNCC[C@H]1O. The molecule has 0 spiro atoms. The van der Waals surface area contributed by atoms with E-state index in [9.17, 15) is 9.90 Å². The van der Waals surface area contributed by atoms with Gasteiger partial charge in [0.2, 0.25) is 0 Å². The van der Waals surface area contributed by atoms with Gasteiger partial charge in [-0.1, -0.05) is 30.3 Å². The number of halogens is 1. The van der Waals surface area contributed by atoms with E-state index in [0.717, 1.165) is 17.8 Å². The van der Waals surface area contributed by atoms with Gasteiger partial charge < -0.3 is 15.7 Å². The molecule has 7 nitrogen and oxygen atoms in total. The summed E-state index contributed by atoms with van der Waals surface area (Å²) in [4.78, 5) is 12.1. The summed E-state index contributed by atoms with van der Waals surface area (Å²) in [5.41, 5.74) is 1.78. The first-order valence-corrected chi connectivity index (χ1v) is 7.69. The van der Waals surface area contributed by atoms with E-state index in [0.29, 0.717) is 18.8 Å². The van der Waals surface area contributed by atoms with E-state index >= 15 is 0 Å². The number of carbonyl (C=O) groups excluding carboxylic acids is 1. The van der Waals surface area contributed by atoms with Crippen LogP contribution in [0.4, 0.5) is 10.6 Å². The van der Waals surface area contributed by atoms with Crippen LogP contribution in [0.2, 0.25) is 0 Å². The maximum Gasteiger partial charge on any atom is 0.320 e. The van der Waals surface area contributed by atoms with Crippen molar-refractivity contribution in [2.45, 2.75) is 18.6 Å². The van der Waals surface area contributed by atoms with Crippen LogP contribution in [0.5, 0.6) is 0 Å². The Kier molecular flexibility index (Phi) is 6.19. The van der Waals surface area contributed by atoms with Gasteiger partial charge in [0, 0.05) is 25.2 Å². The molecule has 8 heteroatoms. The molecule has 1 aromatic carbocycles. The predicted octanol–water partition coefficient (Wildman–Crippen LogP) is 1.35. The minimum absolute atomic E-state index is 0. The molecule has 24 heavy (non-hydrogen) atoms. The number of nitrogens with zero attached hydrogens (tertiary/aromatic N) is 2. The van der Waals surface area contributed by atoms with E-state index in [1.54, 1.807) is 11.7 Å². The molecule has 2 heterocycles. The van der Waals surface area contributed by atoms with Gasteiger partial charge >= 0.3 is 6.03 Å². The summed E-state index contributed by atoms with van der Waals surface area (Å²) >= 11 is 0. The summed E-state index contributed by atoms with van der Waals surface area (Å²) in [6.07, 6.45) is 0.114. The number of amides is 2. The van der Waals surface area contributed by atoms with Crippen molar-refractivity contribution in [3.05, 3.63) is 36.4 Å². The van der Waals surface area contributed by atoms with E-state index in [1.807, 2.05) is 36.4 Å². The van der Waals surface area contributed by atoms with Crippen molar-refractivity contribution in [2.24, 2.45) is 7.05 Å². The van der Waals surface area contributed by atoms with Crippen molar-refractivity contribution in [3.63, 3.8) is 0 Å². The number of aromatic nitrogens is 2. The number of piperidine rings is 1. The van der Waals surface area contributed by atoms with Gasteiger partial charge in [0.05, 0.1) is 17.8 Å². The fourth-order valence-electron chi connectivity index (χ4n) is 2.65. The number of aliphatic hydroxyl groups is 1.